The summed E-state index contributed by atoms with van der Waals surface area (Å²) in [6, 6.07) is 5.12. The van der Waals surface area contributed by atoms with Gasteiger partial charge in [0.15, 0.2) is 0 Å². The highest BCUT2D eigenvalue weighted by Crippen LogP contribution is 2.23. The molecule has 0 saturated heterocycles. The Balaban J connectivity index is 0.00000139. The van der Waals surface area contributed by atoms with E-state index in [1.807, 2.05) is 20.8 Å². The Hall–Kier alpha value is -2.69. The van der Waals surface area contributed by atoms with Crippen LogP contribution in [0.4, 0.5) is 0 Å². The monoisotopic (exact) mass is 329 g/mol. The van der Waals surface area contributed by atoms with Crippen molar-refractivity contribution >= 4 is 17.8 Å². The van der Waals surface area contributed by atoms with Gasteiger partial charge in [0.25, 0.3) is 11.8 Å². The molecular formula is C19H23NO4. The molecule has 0 fully saturated rings. The van der Waals surface area contributed by atoms with Gasteiger partial charge in [0.2, 0.25) is 0 Å². The first-order valence-corrected chi connectivity index (χ1v) is 7.93. The second kappa shape index (κ2) is 8.82. The minimum absolute atomic E-state index is 0.0618. The minimum atomic E-state index is -0.964. The lowest BCUT2D eigenvalue weighted by Gasteiger charge is -2.11. The van der Waals surface area contributed by atoms with E-state index < -0.39 is 11.9 Å². The number of nitrogens with zero attached hydrogens (tertiary/aromatic N) is 1. The van der Waals surface area contributed by atoms with Crippen LogP contribution in [0.25, 0.3) is 0 Å². The second-order valence-electron chi connectivity index (χ2n) is 5.17. The molecule has 1 heterocycles. The van der Waals surface area contributed by atoms with Crippen LogP contribution in [0.2, 0.25) is 0 Å². The fraction of sp³-hybridized carbons (Fsp3) is 0.316. The molecule has 0 spiro atoms. The molecule has 2 amide bonds. The molecule has 5 heteroatoms. The average molecular weight is 329 g/mol. The molecule has 2 rings (SSSR count). The third-order valence-electron chi connectivity index (χ3n) is 3.52. The topological polar surface area (TPSA) is 74.7 Å². The third kappa shape index (κ3) is 4.19. The summed E-state index contributed by atoms with van der Waals surface area (Å²) in [6.45, 7) is 9.43. The summed E-state index contributed by atoms with van der Waals surface area (Å²) in [6.07, 6.45) is 4.84. The van der Waals surface area contributed by atoms with Gasteiger partial charge in [0.1, 0.15) is 0 Å². The number of fused-ring (bicyclic) bond motifs is 1. The van der Waals surface area contributed by atoms with Crippen LogP contribution in [-0.2, 0) is 4.79 Å². The number of imide groups is 1. The van der Waals surface area contributed by atoms with Crippen LogP contribution < -0.4 is 0 Å². The van der Waals surface area contributed by atoms with E-state index in [1.54, 1.807) is 18.2 Å². The van der Waals surface area contributed by atoms with E-state index in [-0.39, 0.29) is 18.4 Å². The van der Waals surface area contributed by atoms with Crippen LogP contribution in [0.15, 0.2) is 43.0 Å². The molecule has 128 valence electrons. The number of hydrogen-bond acceptors (Lipinski definition) is 3. The Morgan fingerprint density at radius 1 is 1.25 bits per heavy atom. The number of hydrogen-bond donors (Lipinski definition) is 1. The summed E-state index contributed by atoms with van der Waals surface area (Å²) in [7, 11) is 0. The number of allylic oxidation sites excluding steroid dienone is 1. The van der Waals surface area contributed by atoms with Crippen molar-refractivity contribution in [1.82, 2.24) is 4.90 Å². The molecule has 1 N–H and O–H groups in total. The Labute approximate surface area is 142 Å². The quantitative estimate of drug-likeness (QED) is 0.641. The summed E-state index contributed by atoms with van der Waals surface area (Å²) in [5.74, 6) is -2.35. The van der Waals surface area contributed by atoms with Gasteiger partial charge < -0.3 is 5.11 Å². The molecule has 0 bridgehead atoms. The first-order valence-electron chi connectivity index (χ1n) is 7.93. The fourth-order valence-electron chi connectivity index (χ4n) is 2.34. The molecule has 1 aliphatic rings. The Morgan fingerprint density at radius 2 is 1.88 bits per heavy atom. The van der Waals surface area contributed by atoms with Crippen molar-refractivity contribution < 1.29 is 19.5 Å². The molecule has 1 aromatic carbocycles. The molecule has 1 aliphatic heterocycles. The Bertz CT molecular complexity index is 676. The van der Waals surface area contributed by atoms with E-state index in [4.69, 9.17) is 5.11 Å². The molecule has 0 radical (unpaired) electrons. The fourth-order valence-corrected chi connectivity index (χ4v) is 2.34. The van der Waals surface area contributed by atoms with E-state index in [1.165, 1.54) is 18.2 Å². The molecule has 1 atom stereocenters. The SMILES string of the molecule is C=CCC(/C=C/CN1C(=O)c2ccc(C)cc2C1=O)C(=O)O.CC. The lowest BCUT2D eigenvalue weighted by atomic mass is 10.1. The van der Waals surface area contributed by atoms with E-state index in [0.29, 0.717) is 17.5 Å². The smallest absolute Gasteiger partial charge is 0.310 e. The van der Waals surface area contributed by atoms with Crippen molar-refractivity contribution in [2.75, 3.05) is 6.54 Å². The molecule has 1 unspecified atom stereocenters. The zero-order valence-electron chi connectivity index (χ0n) is 14.3. The lowest BCUT2D eigenvalue weighted by Crippen LogP contribution is -2.29. The van der Waals surface area contributed by atoms with Crippen LogP contribution in [0.3, 0.4) is 0 Å². The summed E-state index contributed by atoms with van der Waals surface area (Å²) < 4.78 is 0. The van der Waals surface area contributed by atoms with Crippen molar-refractivity contribution in [1.29, 1.82) is 0 Å². The van der Waals surface area contributed by atoms with Gasteiger partial charge in [-0.05, 0) is 25.5 Å². The number of benzene rings is 1. The van der Waals surface area contributed by atoms with Gasteiger partial charge in [-0.1, -0.05) is 43.7 Å². The summed E-state index contributed by atoms with van der Waals surface area (Å²) in [5, 5.41) is 9.03. The molecule has 0 aromatic heterocycles. The number of carboxylic acid groups (broad SMARTS) is 1. The number of amides is 2. The van der Waals surface area contributed by atoms with E-state index in [0.717, 1.165) is 10.5 Å². The summed E-state index contributed by atoms with van der Waals surface area (Å²) in [5.41, 5.74) is 1.71. The molecule has 0 saturated carbocycles. The van der Waals surface area contributed by atoms with Crippen molar-refractivity contribution in [2.45, 2.75) is 27.2 Å². The van der Waals surface area contributed by atoms with Crippen LogP contribution in [0.1, 0.15) is 46.5 Å². The standard InChI is InChI=1S/C17H17NO4.C2H6/c1-3-5-12(17(21)22)6-4-9-18-15(19)13-8-7-11(2)10-14(13)16(18)20;1-2/h3-4,6-8,10,12H,1,5,9H2,2H3,(H,21,22);1-2H3/b6-4+;. The zero-order valence-corrected chi connectivity index (χ0v) is 14.3. The third-order valence-corrected chi connectivity index (χ3v) is 3.52. The van der Waals surface area contributed by atoms with Gasteiger partial charge in [-0.2, -0.15) is 0 Å². The highest BCUT2D eigenvalue weighted by Gasteiger charge is 2.34. The van der Waals surface area contributed by atoms with Gasteiger partial charge in [0, 0.05) is 6.54 Å². The van der Waals surface area contributed by atoms with Crippen molar-refractivity contribution in [3.05, 3.63) is 59.7 Å². The van der Waals surface area contributed by atoms with Gasteiger partial charge in [-0.25, -0.2) is 0 Å². The number of aliphatic carboxylic acids is 1. The maximum atomic E-state index is 12.2. The summed E-state index contributed by atoms with van der Waals surface area (Å²) in [4.78, 5) is 36.6. The van der Waals surface area contributed by atoms with Crippen LogP contribution in [-0.4, -0.2) is 34.3 Å². The number of carbonyl (C=O) groups excluding carboxylic acids is 2. The van der Waals surface area contributed by atoms with Crippen LogP contribution in [0, 0.1) is 12.8 Å². The minimum Gasteiger partial charge on any atom is -0.481 e. The van der Waals surface area contributed by atoms with Crippen molar-refractivity contribution in [2.24, 2.45) is 5.92 Å². The molecule has 0 aliphatic carbocycles. The van der Waals surface area contributed by atoms with Gasteiger partial charge >= 0.3 is 5.97 Å². The number of aryl methyl sites for hydroxylation is 1. The summed E-state index contributed by atoms with van der Waals surface area (Å²) >= 11 is 0. The first kappa shape index (κ1) is 19.4. The van der Waals surface area contributed by atoms with Gasteiger partial charge in [0.05, 0.1) is 17.0 Å². The highest BCUT2D eigenvalue weighted by atomic mass is 16.4. The second-order valence-corrected chi connectivity index (χ2v) is 5.17. The predicted octanol–water partition coefficient (Wildman–Crippen LogP) is 3.45. The van der Waals surface area contributed by atoms with Gasteiger partial charge in [-0.15, -0.1) is 6.58 Å². The van der Waals surface area contributed by atoms with E-state index in [9.17, 15) is 14.4 Å². The predicted molar refractivity (Wildman–Crippen MR) is 93.0 cm³/mol. The molecule has 24 heavy (non-hydrogen) atoms. The van der Waals surface area contributed by atoms with Crippen molar-refractivity contribution in [3.8, 4) is 0 Å². The van der Waals surface area contributed by atoms with Gasteiger partial charge in [-0.3, -0.25) is 19.3 Å². The number of carbonyl (C=O) groups is 3. The number of rotatable bonds is 6. The largest absolute Gasteiger partial charge is 0.481 e. The first-order chi connectivity index (χ1) is 11.5. The Kier molecular flexibility index (Phi) is 7.11. The van der Waals surface area contributed by atoms with Crippen LogP contribution >= 0.6 is 0 Å². The van der Waals surface area contributed by atoms with Crippen molar-refractivity contribution in [3.63, 3.8) is 0 Å². The maximum Gasteiger partial charge on any atom is 0.310 e. The molecule has 1 aromatic rings. The lowest BCUT2D eigenvalue weighted by molar-refractivity contribution is -0.139. The Morgan fingerprint density at radius 3 is 2.46 bits per heavy atom. The van der Waals surface area contributed by atoms with E-state index >= 15 is 0 Å². The average Bonchev–Trinajstić information content (AvgIpc) is 2.80. The molecular weight excluding hydrogens is 306 g/mol. The zero-order chi connectivity index (χ0) is 18.3. The molecule has 5 nitrogen and oxygen atoms in total. The van der Waals surface area contributed by atoms with E-state index in [2.05, 4.69) is 6.58 Å². The maximum absolute atomic E-state index is 12.2. The highest BCUT2D eigenvalue weighted by molar-refractivity contribution is 6.21. The normalized spacial score (nSPS) is 14.2. The number of carboxylic acids is 1. The van der Waals surface area contributed by atoms with Crippen LogP contribution in [0.5, 0.6) is 0 Å².